The molecule has 0 radical (unpaired) electrons. The SMILES string of the molecule is Bc1cc(B)c(-c2nc(N3c4c(c5ccccc5c5c4sc4ccccc45)-c4c(ccc5ccccc45)N3c3c(B)cc(B)cc3B)nc3ccccc23)c(B)c1. The van der Waals surface area contributed by atoms with Gasteiger partial charge in [0, 0.05) is 32.0 Å². The molecule has 0 spiro atoms. The van der Waals surface area contributed by atoms with Crippen molar-refractivity contribution in [3.8, 4) is 22.4 Å². The predicted octanol–water partition coefficient (Wildman–Crippen LogP) is 2.39. The summed E-state index contributed by atoms with van der Waals surface area (Å²) in [5.41, 5.74) is 16.1. The van der Waals surface area contributed by atoms with Crippen LogP contribution in [-0.2, 0) is 0 Å². The van der Waals surface area contributed by atoms with Crippen LogP contribution in [0.3, 0.4) is 0 Å². The zero-order chi connectivity index (χ0) is 38.7. The van der Waals surface area contributed by atoms with Gasteiger partial charge in [0.05, 0.1) is 33.0 Å². The van der Waals surface area contributed by atoms with Crippen molar-refractivity contribution >= 4 is 167 Å². The molecule has 0 saturated carbocycles. The number of hydrazine groups is 1. The summed E-state index contributed by atoms with van der Waals surface area (Å²) in [6.45, 7) is 0. The molecule has 8 aromatic carbocycles. The largest absolute Gasteiger partial charge is 0.251 e. The average Bonchev–Trinajstić information content (AvgIpc) is 3.60. The highest BCUT2D eigenvalue weighted by Crippen LogP contribution is 2.58. The molecule has 0 aliphatic carbocycles. The molecule has 0 N–H and O–H groups in total. The zero-order valence-electron chi connectivity index (χ0n) is 32.9. The summed E-state index contributed by atoms with van der Waals surface area (Å²) in [5, 5.41) is 13.3. The van der Waals surface area contributed by atoms with Gasteiger partial charge in [0.25, 0.3) is 5.95 Å². The lowest BCUT2D eigenvalue weighted by atomic mass is 9.75. The third-order valence-corrected chi connectivity index (χ3v) is 13.0. The van der Waals surface area contributed by atoms with Crippen molar-refractivity contribution in [3.63, 3.8) is 0 Å². The fourth-order valence-electron chi connectivity index (χ4n) is 9.82. The zero-order valence-corrected chi connectivity index (χ0v) is 33.7. The van der Waals surface area contributed by atoms with E-state index in [1.54, 1.807) is 0 Å². The van der Waals surface area contributed by atoms with E-state index in [-0.39, 0.29) is 0 Å². The Morgan fingerprint density at radius 2 is 1.05 bits per heavy atom. The minimum Gasteiger partial charge on any atom is -0.247 e. The van der Waals surface area contributed by atoms with Gasteiger partial charge < -0.3 is 0 Å². The standard InChI is InChI=1S/C46H34B6N4S/c47-24-19-31(49)41(32(50)20-24)42-29-13-5-7-15-35(29)53-46(54-42)56-44-40(28-12-4-3-11-27(28)38-30-14-6-8-16-37(30)57-45(38)44)39-26-10-2-1-9-23(26)17-18-36(39)55(56)43-33(51)21-25(48)22-34(43)52/h1-22H,47-52H2. The Hall–Kier alpha value is -6.17. The van der Waals surface area contributed by atoms with Gasteiger partial charge in [-0.15, -0.1) is 11.3 Å². The molecule has 1 aliphatic heterocycles. The summed E-state index contributed by atoms with van der Waals surface area (Å²) in [6.07, 6.45) is 0. The van der Waals surface area contributed by atoms with E-state index in [0.717, 1.165) is 39.2 Å². The summed E-state index contributed by atoms with van der Waals surface area (Å²) in [6, 6.07) is 48.9. The number of hydrogen-bond acceptors (Lipinski definition) is 5. The van der Waals surface area contributed by atoms with Crippen LogP contribution in [0.2, 0.25) is 0 Å². The number of para-hydroxylation sites is 1. The minimum atomic E-state index is 0.636. The van der Waals surface area contributed by atoms with Crippen LogP contribution < -0.4 is 42.8 Å². The number of anilines is 4. The molecule has 57 heavy (non-hydrogen) atoms. The van der Waals surface area contributed by atoms with E-state index in [1.165, 1.54) is 85.6 Å². The molecule has 3 heterocycles. The van der Waals surface area contributed by atoms with E-state index in [2.05, 4.69) is 191 Å². The Morgan fingerprint density at radius 1 is 0.456 bits per heavy atom. The van der Waals surface area contributed by atoms with E-state index in [1.807, 2.05) is 11.3 Å². The predicted molar refractivity (Wildman–Crippen MR) is 265 cm³/mol. The summed E-state index contributed by atoms with van der Waals surface area (Å²) in [4.78, 5) is 11.3. The van der Waals surface area contributed by atoms with Crippen LogP contribution in [0.5, 0.6) is 0 Å². The second kappa shape index (κ2) is 12.7. The lowest BCUT2D eigenvalue weighted by Crippen LogP contribution is -2.45. The van der Waals surface area contributed by atoms with Crippen LogP contribution in [0.15, 0.2) is 133 Å². The van der Waals surface area contributed by atoms with Crippen LogP contribution in [-0.4, -0.2) is 57.0 Å². The fraction of sp³-hybridized carbons (Fsp3) is 0. The van der Waals surface area contributed by atoms with Gasteiger partial charge in [-0.25, -0.2) is 20.0 Å². The van der Waals surface area contributed by atoms with Crippen LogP contribution in [0.25, 0.3) is 75.0 Å². The number of benzene rings is 8. The van der Waals surface area contributed by atoms with Gasteiger partial charge >= 0.3 is 0 Å². The number of fused-ring (bicyclic) bond motifs is 13. The molecule has 0 amide bonds. The van der Waals surface area contributed by atoms with Gasteiger partial charge in [0.15, 0.2) is 0 Å². The first-order valence-corrected chi connectivity index (χ1v) is 20.5. The van der Waals surface area contributed by atoms with Crippen LogP contribution in [0, 0.1) is 0 Å². The Morgan fingerprint density at radius 3 is 1.79 bits per heavy atom. The van der Waals surface area contributed by atoms with Crippen LogP contribution >= 0.6 is 11.3 Å². The third-order valence-electron chi connectivity index (χ3n) is 11.9. The highest BCUT2D eigenvalue weighted by atomic mass is 32.1. The Bertz CT molecular complexity index is 3320. The molecule has 0 fully saturated rings. The first-order valence-electron chi connectivity index (χ1n) is 19.7. The third kappa shape index (κ3) is 5.01. The normalized spacial score (nSPS) is 12.6. The van der Waals surface area contributed by atoms with Gasteiger partial charge in [0.2, 0.25) is 0 Å². The van der Waals surface area contributed by atoms with Gasteiger partial charge in [-0.1, -0.05) is 148 Å². The second-order valence-electron chi connectivity index (χ2n) is 15.8. The maximum atomic E-state index is 5.75. The average molecular weight is 740 g/mol. The number of rotatable bonds is 3. The Labute approximate surface area is 341 Å². The van der Waals surface area contributed by atoms with E-state index >= 15 is 0 Å². The first-order chi connectivity index (χ1) is 27.8. The molecule has 11 rings (SSSR count). The maximum Gasteiger partial charge on any atom is 0.251 e. The fourth-order valence-corrected chi connectivity index (χ4v) is 11.1. The number of nitrogens with zero attached hydrogens (tertiary/aromatic N) is 4. The van der Waals surface area contributed by atoms with E-state index in [4.69, 9.17) is 9.97 Å². The second-order valence-corrected chi connectivity index (χ2v) is 16.8. The van der Waals surface area contributed by atoms with Gasteiger partial charge in [0.1, 0.15) is 47.1 Å². The van der Waals surface area contributed by atoms with Crippen molar-refractivity contribution < 1.29 is 0 Å². The quantitative estimate of drug-likeness (QED) is 0.261. The molecule has 4 nitrogen and oxygen atoms in total. The summed E-state index contributed by atoms with van der Waals surface area (Å²) < 4.78 is 2.48. The number of hydrogen-bond donors (Lipinski definition) is 0. The lowest BCUT2D eigenvalue weighted by molar-refractivity contribution is 0.938. The van der Waals surface area contributed by atoms with Gasteiger partial charge in [-0.3, -0.25) is 0 Å². The summed E-state index contributed by atoms with van der Waals surface area (Å²) in [7, 11) is 13.3. The molecule has 0 saturated heterocycles. The van der Waals surface area contributed by atoms with Crippen molar-refractivity contribution in [2.45, 2.75) is 0 Å². The molecular weight excluding hydrogens is 705 g/mol. The number of thiophene rings is 1. The topological polar surface area (TPSA) is 32.3 Å². The Balaban J connectivity index is 1.38. The van der Waals surface area contributed by atoms with Crippen molar-refractivity contribution in [2.24, 2.45) is 0 Å². The molecule has 10 aromatic rings. The summed E-state index contributed by atoms with van der Waals surface area (Å²) >= 11 is 1.86. The molecule has 0 bridgehead atoms. The molecule has 262 valence electrons. The highest BCUT2D eigenvalue weighted by Gasteiger charge is 2.39. The first kappa shape index (κ1) is 34.1. The molecular formula is C46H34B6N4S. The van der Waals surface area contributed by atoms with Crippen molar-refractivity contribution in [1.29, 1.82) is 0 Å². The molecule has 2 aromatic heterocycles. The van der Waals surface area contributed by atoms with E-state index in [0.29, 0.717) is 5.95 Å². The van der Waals surface area contributed by atoms with E-state index < -0.39 is 0 Å². The highest BCUT2D eigenvalue weighted by molar-refractivity contribution is 7.26. The lowest BCUT2D eigenvalue weighted by Gasteiger charge is -2.44. The summed E-state index contributed by atoms with van der Waals surface area (Å²) in [5.74, 6) is 0.636. The van der Waals surface area contributed by atoms with Crippen molar-refractivity contribution in [3.05, 3.63) is 133 Å². The molecule has 1 aliphatic rings. The number of aromatic nitrogens is 2. The van der Waals surface area contributed by atoms with Crippen molar-refractivity contribution in [1.82, 2.24) is 9.97 Å². The molecule has 0 unspecified atom stereocenters. The Kier molecular flexibility index (Phi) is 7.58. The van der Waals surface area contributed by atoms with Gasteiger partial charge in [-0.2, -0.15) is 0 Å². The maximum absolute atomic E-state index is 5.75. The molecule has 0 atom stereocenters. The van der Waals surface area contributed by atoms with Gasteiger partial charge in [-0.05, 0) is 45.3 Å². The minimum absolute atomic E-state index is 0.636. The van der Waals surface area contributed by atoms with Crippen LogP contribution in [0.1, 0.15) is 0 Å². The van der Waals surface area contributed by atoms with Crippen LogP contribution in [0.4, 0.5) is 23.0 Å². The van der Waals surface area contributed by atoms with E-state index in [9.17, 15) is 0 Å². The van der Waals surface area contributed by atoms with Crippen molar-refractivity contribution in [2.75, 3.05) is 10.0 Å². The smallest absolute Gasteiger partial charge is 0.247 e. The monoisotopic (exact) mass is 740 g/mol. The molecule has 11 heteroatoms.